The summed E-state index contributed by atoms with van der Waals surface area (Å²) in [6.07, 6.45) is -3.99. The van der Waals surface area contributed by atoms with E-state index in [1.807, 2.05) is 0 Å². The fourth-order valence-corrected chi connectivity index (χ4v) is 1.23. The summed E-state index contributed by atoms with van der Waals surface area (Å²) in [5.41, 5.74) is -0.0198. The fourth-order valence-electron chi connectivity index (χ4n) is 1.23. The molecule has 0 radical (unpaired) electrons. The minimum Gasteiger partial charge on any atom is -0.478 e. The maximum atomic E-state index is 12.0. The average molecular weight is 274 g/mol. The molecule has 2 aromatic rings. The molecule has 0 saturated heterocycles. The number of alkyl halides is 3. The molecule has 0 aromatic carbocycles. The largest absolute Gasteiger partial charge is 0.478 e. The lowest BCUT2D eigenvalue weighted by Gasteiger charge is -2.03. The zero-order valence-electron chi connectivity index (χ0n) is 8.97. The van der Waals surface area contributed by atoms with Gasteiger partial charge < -0.3 is 5.11 Å². The molecule has 1 amide bonds. The van der Waals surface area contributed by atoms with Crippen molar-refractivity contribution in [2.45, 2.75) is 6.18 Å². The predicted molar refractivity (Wildman–Crippen MR) is 54.6 cm³/mol. The van der Waals surface area contributed by atoms with E-state index in [1.54, 1.807) is 0 Å². The highest BCUT2D eigenvalue weighted by atomic mass is 19.4. The van der Waals surface area contributed by atoms with Gasteiger partial charge in [-0.05, 0) is 12.1 Å². The van der Waals surface area contributed by atoms with Gasteiger partial charge in [-0.25, -0.2) is 9.31 Å². The molecule has 0 fully saturated rings. The maximum absolute atomic E-state index is 12.0. The van der Waals surface area contributed by atoms with Crippen molar-refractivity contribution < 1.29 is 27.9 Å². The molecule has 2 aromatic heterocycles. The van der Waals surface area contributed by atoms with Gasteiger partial charge in [0.1, 0.15) is 0 Å². The molecule has 2 N–H and O–H groups in total. The summed E-state index contributed by atoms with van der Waals surface area (Å²) in [6, 6.07) is 2.46. The Bertz CT molecular complexity index is 664. The van der Waals surface area contributed by atoms with Gasteiger partial charge in [-0.3, -0.25) is 10.1 Å². The van der Waals surface area contributed by atoms with Crippen LogP contribution in [-0.2, 0) is 4.79 Å². The first-order valence-corrected chi connectivity index (χ1v) is 4.75. The molecule has 2 heterocycles. The Morgan fingerprint density at radius 1 is 1.32 bits per heavy atom. The van der Waals surface area contributed by atoms with Crippen LogP contribution in [0.4, 0.5) is 19.1 Å². The number of nitrogens with zero attached hydrogens (tertiary/aromatic N) is 3. The summed E-state index contributed by atoms with van der Waals surface area (Å²) in [5.74, 6) is -4.00. The summed E-state index contributed by atoms with van der Waals surface area (Å²) in [6.45, 7) is 0. The molecule has 0 aliphatic heterocycles. The van der Waals surface area contributed by atoms with Crippen molar-refractivity contribution in [1.82, 2.24) is 14.6 Å². The van der Waals surface area contributed by atoms with Crippen molar-refractivity contribution in [2.75, 3.05) is 5.32 Å². The maximum Gasteiger partial charge on any atom is 0.471 e. The Balaban J connectivity index is 2.32. The second-order valence-electron chi connectivity index (χ2n) is 3.41. The van der Waals surface area contributed by atoms with Gasteiger partial charge in [0.05, 0.1) is 5.56 Å². The summed E-state index contributed by atoms with van der Waals surface area (Å²) in [4.78, 5) is 24.9. The minimum atomic E-state index is -5.05. The molecule has 0 aliphatic carbocycles. The topological polar surface area (TPSA) is 96.6 Å². The third kappa shape index (κ3) is 2.61. The highest BCUT2D eigenvalue weighted by Gasteiger charge is 2.39. The van der Waals surface area contributed by atoms with E-state index in [1.165, 1.54) is 17.4 Å². The van der Waals surface area contributed by atoms with E-state index < -0.39 is 24.0 Å². The Kier molecular flexibility index (Phi) is 2.85. The molecular formula is C9H5F3N4O3. The number of carboxylic acid groups (broad SMARTS) is 1. The van der Waals surface area contributed by atoms with Gasteiger partial charge in [0.25, 0.3) is 0 Å². The number of pyridine rings is 1. The van der Waals surface area contributed by atoms with Crippen LogP contribution in [0.3, 0.4) is 0 Å². The summed E-state index contributed by atoms with van der Waals surface area (Å²) in [7, 11) is 0. The van der Waals surface area contributed by atoms with Gasteiger partial charge in [-0.1, -0.05) is 0 Å². The molecule has 0 unspecified atom stereocenters. The molecular weight excluding hydrogens is 269 g/mol. The molecule has 2 rings (SSSR count). The lowest BCUT2D eigenvalue weighted by molar-refractivity contribution is -0.167. The van der Waals surface area contributed by atoms with Gasteiger partial charge >= 0.3 is 18.1 Å². The Morgan fingerprint density at radius 2 is 2.00 bits per heavy atom. The zero-order valence-corrected chi connectivity index (χ0v) is 8.97. The van der Waals surface area contributed by atoms with Gasteiger partial charge in [0.2, 0.25) is 5.95 Å². The quantitative estimate of drug-likeness (QED) is 0.849. The monoisotopic (exact) mass is 274 g/mol. The summed E-state index contributed by atoms with van der Waals surface area (Å²) >= 11 is 0. The van der Waals surface area contributed by atoms with Crippen LogP contribution in [0.2, 0.25) is 0 Å². The number of aromatic carboxylic acids is 1. The van der Waals surface area contributed by atoms with E-state index >= 15 is 0 Å². The van der Waals surface area contributed by atoms with Crippen molar-refractivity contribution in [3.63, 3.8) is 0 Å². The van der Waals surface area contributed by atoms with E-state index in [2.05, 4.69) is 10.1 Å². The van der Waals surface area contributed by atoms with Crippen LogP contribution in [0, 0.1) is 0 Å². The lowest BCUT2D eigenvalue weighted by atomic mass is 10.3. The lowest BCUT2D eigenvalue weighted by Crippen LogP contribution is -2.30. The number of anilines is 1. The Morgan fingerprint density at radius 3 is 2.58 bits per heavy atom. The highest BCUT2D eigenvalue weighted by Crippen LogP contribution is 2.17. The smallest absolute Gasteiger partial charge is 0.471 e. The second-order valence-corrected chi connectivity index (χ2v) is 3.41. The molecule has 19 heavy (non-hydrogen) atoms. The second kappa shape index (κ2) is 4.23. The van der Waals surface area contributed by atoms with Crippen molar-refractivity contribution in [1.29, 1.82) is 0 Å². The van der Waals surface area contributed by atoms with Crippen LogP contribution >= 0.6 is 0 Å². The van der Waals surface area contributed by atoms with Crippen molar-refractivity contribution in [3.05, 3.63) is 23.9 Å². The number of aromatic nitrogens is 3. The molecule has 100 valence electrons. The molecule has 0 bridgehead atoms. The van der Waals surface area contributed by atoms with Crippen molar-refractivity contribution in [3.8, 4) is 0 Å². The third-order valence-corrected chi connectivity index (χ3v) is 2.06. The number of rotatable bonds is 2. The van der Waals surface area contributed by atoms with Crippen LogP contribution in [0.1, 0.15) is 10.4 Å². The fraction of sp³-hybridized carbons (Fsp3) is 0.111. The van der Waals surface area contributed by atoms with Gasteiger partial charge in [-0.15, -0.1) is 5.10 Å². The van der Waals surface area contributed by atoms with Crippen LogP contribution in [0.15, 0.2) is 18.3 Å². The van der Waals surface area contributed by atoms with Crippen LogP contribution < -0.4 is 5.32 Å². The number of carbonyl (C=O) groups is 2. The summed E-state index contributed by atoms with van der Waals surface area (Å²) < 4.78 is 37.0. The molecule has 0 atom stereocenters. The third-order valence-electron chi connectivity index (χ3n) is 2.06. The SMILES string of the molecule is O=C(O)c1ccc2nc(NC(=O)C(F)(F)F)nn2c1. The van der Waals surface area contributed by atoms with Crippen LogP contribution in [0.25, 0.3) is 5.65 Å². The van der Waals surface area contributed by atoms with E-state index in [0.29, 0.717) is 0 Å². The van der Waals surface area contributed by atoms with Gasteiger partial charge in [-0.2, -0.15) is 18.2 Å². The van der Waals surface area contributed by atoms with E-state index in [4.69, 9.17) is 5.11 Å². The van der Waals surface area contributed by atoms with Gasteiger partial charge in [0, 0.05) is 6.20 Å². The Labute approximate surface area is 102 Å². The normalized spacial score (nSPS) is 11.5. The molecule has 0 spiro atoms. The van der Waals surface area contributed by atoms with E-state index in [0.717, 1.165) is 10.7 Å². The number of nitrogens with one attached hydrogen (secondary N) is 1. The number of amides is 1. The highest BCUT2D eigenvalue weighted by molar-refractivity contribution is 5.93. The van der Waals surface area contributed by atoms with Crippen molar-refractivity contribution in [2.24, 2.45) is 0 Å². The first-order valence-electron chi connectivity index (χ1n) is 4.75. The molecule has 7 nitrogen and oxygen atoms in total. The average Bonchev–Trinajstić information content (AvgIpc) is 2.68. The number of halogens is 3. The zero-order chi connectivity index (χ0) is 14.2. The number of fused-ring (bicyclic) bond motifs is 1. The predicted octanol–water partition coefficient (Wildman–Crippen LogP) is 0.928. The van der Waals surface area contributed by atoms with Crippen LogP contribution in [-0.4, -0.2) is 37.8 Å². The van der Waals surface area contributed by atoms with E-state index in [-0.39, 0.29) is 11.2 Å². The minimum absolute atomic E-state index is 0.0995. The van der Waals surface area contributed by atoms with Gasteiger partial charge in [0.15, 0.2) is 5.65 Å². The standard InChI is InChI=1S/C9H5F3N4O3/c10-9(11,12)7(19)14-8-13-5-2-1-4(6(17)18)3-16(5)15-8/h1-3H,(H,17,18)(H,14,15,19). The molecule has 0 saturated carbocycles. The first kappa shape index (κ1) is 12.8. The molecule has 0 aliphatic rings. The summed E-state index contributed by atoms with van der Waals surface area (Å²) in [5, 5.41) is 13.7. The van der Waals surface area contributed by atoms with E-state index in [9.17, 15) is 22.8 Å². The number of hydrogen-bond donors (Lipinski definition) is 2. The van der Waals surface area contributed by atoms with Crippen LogP contribution in [0.5, 0.6) is 0 Å². The number of carbonyl (C=O) groups excluding carboxylic acids is 1. The Hall–Kier alpha value is -2.65. The molecule has 10 heteroatoms. The number of carboxylic acids is 1. The first-order chi connectivity index (χ1) is 8.77. The number of hydrogen-bond acceptors (Lipinski definition) is 4. The van der Waals surface area contributed by atoms with Crippen molar-refractivity contribution >= 4 is 23.5 Å².